The molecule has 43 heavy (non-hydrogen) atoms. The number of rotatable bonds is 14. The van der Waals surface area contributed by atoms with Gasteiger partial charge in [-0.3, -0.25) is 13.9 Å². The molecule has 0 radical (unpaired) electrons. The lowest BCUT2D eigenvalue weighted by molar-refractivity contribution is -0.142. The summed E-state index contributed by atoms with van der Waals surface area (Å²) in [4.78, 5) is 29.3. The van der Waals surface area contributed by atoms with Crippen molar-refractivity contribution in [2.45, 2.75) is 58.2 Å². The van der Waals surface area contributed by atoms with Crippen molar-refractivity contribution >= 4 is 27.5 Å². The number of nitrogens with one attached hydrogen (secondary N) is 1. The maximum Gasteiger partial charge on any atom is 0.243 e. The Labute approximate surface area is 255 Å². The van der Waals surface area contributed by atoms with E-state index >= 15 is 0 Å². The summed E-state index contributed by atoms with van der Waals surface area (Å²) in [5.41, 5.74) is 1.70. The molecule has 2 amide bonds. The number of anilines is 1. The second kappa shape index (κ2) is 14.9. The molecule has 1 atom stereocenters. The number of nitrogens with zero attached hydrogens (tertiary/aromatic N) is 2. The van der Waals surface area contributed by atoms with Gasteiger partial charge in [0, 0.05) is 31.5 Å². The third-order valence-corrected chi connectivity index (χ3v) is 7.96. The molecule has 10 heteroatoms. The molecule has 0 unspecified atom stereocenters. The van der Waals surface area contributed by atoms with Gasteiger partial charge in [-0.2, -0.15) is 0 Å². The molecule has 3 rings (SSSR count). The second-order valence-electron chi connectivity index (χ2n) is 11.5. The molecule has 0 spiro atoms. The number of carbonyl (C=O) groups excluding carboxylic acids is 2. The van der Waals surface area contributed by atoms with Crippen molar-refractivity contribution < 1.29 is 27.5 Å². The molecule has 0 saturated carbocycles. The molecule has 0 fully saturated rings. The van der Waals surface area contributed by atoms with Crippen LogP contribution in [0.2, 0.25) is 0 Å². The molecule has 0 aliphatic carbocycles. The lowest BCUT2D eigenvalue weighted by atomic mass is 10.00. The van der Waals surface area contributed by atoms with Crippen molar-refractivity contribution in [3.05, 3.63) is 90.0 Å². The Bertz CT molecular complexity index is 1450. The van der Waals surface area contributed by atoms with E-state index < -0.39 is 21.6 Å². The smallest absolute Gasteiger partial charge is 0.243 e. The summed E-state index contributed by atoms with van der Waals surface area (Å²) < 4.78 is 37.2. The quantitative estimate of drug-likeness (QED) is 0.282. The molecule has 0 aliphatic rings. The zero-order valence-electron chi connectivity index (χ0n) is 25.9. The molecular weight excluding hydrogens is 566 g/mol. The highest BCUT2D eigenvalue weighted by atomic mass is 32.2. The van der Waals surface area contributed by atoms with Gasteiger partial charge in [0.15, 0.2) is 0 Å². The lowest BCUT2D eigenvalue weighted by Crippen LogP contribution is -2.54. The van der Waals surface area contributed by atoms with Gasteiger partial charge in [0.2, 0.25) is 21.8 Å². The molecule has 232 valence electrons. The minimum absolute atomic E-state index is 0.0419. The molecule has 3 aromatic rings. The number of methoxy groups -OCH3 is 2. The van der Waals surface area contributed by atoms with Crippen molar-refractivity contribution in [1.82, 2.24) is 10.2 Å². The van der Waals surface area contributed by atoms with E-state index in [1.807, 2.05) is 75.4 Å². The summed E-state index contributed by atoms with van der Waals surface area (Å²) in [5, 5.41) is 3.05. The summed E-state index contributed by atoms with van der Waals surface area (Å²) in [6.45, 7) is 5.98. The third-order valence-electron chi connectivity index (χ3n) is 6.77. The standard InChI is InChI=1S/C33H43N3O6S/c1-33(2,3)34-32(38)30(23-25-12-8-7-9-13-25)35(24-26-14-10-15-29(22-26)42-5)31(37)16-11-21-36(43(6,39)40)27-17-19-28(41-4)20-18-27/h7-10,12-15,17-20,22,30H,11,16,21,23-24H2,1-6H3,(H,34,38)/t30-/m1/s1. The van der Waals surface area contributed by atoms with E-state index in [0.717, 1.165) is 17.4 Å². The minimum atomic E-state index is -3.61. The summed E-state index contributed by atoms with van der Waals surface area (Å²) >= 11 is 0. The average molecular weight is 610 g/mol. The van der Waals surface area contributed by atoms with Crippen LogP contribution < -0.4 is 19.1 Å². The van der Waals surface area contributed by atoms with Crippen LogP contribution in [-0.4, -0.2) is 63.7 Å². The van der Waals surface area contributed by atoms with Crippen LogP contribution in [0.4, 0.5) is 5.69 Å². The van der Waals surface area contributed by atoms with E-state index in [4.69, 9.17) is 9.47 Å². The van der Waals surface area contributed by atoms with Crippen LogP contribution in [0, 0.1) is 0 Å². The summed E-state index contributed by atoms with van der Waals surface area (Å²) in [7, 11) is -0.496. The van der Waals surface area contributed by atoms with E-state index in [-0.39, 0.29) is 37.7 Å². The highest BCUT2D eigenvalue weighted by Crippen LogP contribution is 2.23. The van der Waals surface area contributed by atoms with E-state index in [0.29, 0.717) is 23.6 Å². The predicted molar refractivity (Wildman–Crippen MR) is 170 cm³/mol. The minimum Gasteiger partial charge on any atom is -0.497 e. The maximum atomic E-state index is 14.0. The summed E-state index contributed by atoms with van der Waals surface area (Å²) in [6, 6.07) is 22.9. The van der Waals surface area contributed by atoms with Gasteiger partial charge >= 0.3 is 0 Å². The Morgan fingerprint density at radius 3 is 2.07 bits per heavy atom. The zero-order valence-corrected chi connectivity index (χ0v) is 26.7. The fourth-order valence-corrected chi connectivity index (χ4v) is 5.69. The van der Waals surface area contributed by atoms with Crippen molar-refractivity contribution in [3.8, 4) is 11.5 Å². The highest BCUT2D eigenvalue weighted by Gasteiger charge is 2.32. The molecule has 0 bridgehead atoms. The predicted octanol–water partition coefficient (Wildman–Crippen LogP) is 4.80. The molecule has 1 N–H and O–H groups in total. The van der Waals surface area contributed by atoms with Gasteiger partial charge in [0.25, 0.3) is 0 Å². The van der Waals surface area contributed by atoms with Crippen LogP contribution in [0.3, 0.4) is 0 Å². The topological polar surface area (TPSA) is 105 Å². The van der Waals surface area contributed by atoms with Crippen LogP contribution in [-0.2, 0) is 32.6 Å². The molecule has 3 aromatic carbocycles. The van der Waals surface area contributed by atoms with E-state index in [1.54, 1.807) is 43.4 Å². The van der Waals surface area contributed by atoms with Gasteiger partial charge in [-0.1, -0.05) is 42.5 Å². The van der Waals surface area contributed by atoms with Gasteiger partial charge in [0.1, 0.15) is 17.5 Å². The second-order valence-corrected chi connectivity index (χ2v) is 13.4. The first-order valence-electron chi connectivity index (χ1n) is 14.2. The van der Waals surface area contributed by atoms with Crippen LogP contribution in [0.25, 0.3) is 0 Å². The van der Waals surface area contributed by atoms with Crippen molar-refractivity contribution in [3.63, 3.8) is 0 Å². The third kappa shape index (κ3) is 10.3. The Morgan fingerprint density at radius 1 is 0.860 bits per heavy atom. The van der Waals surface area contributed by atoms with E-state index in [9.17, 15) is 18.0 Å². The number of hydrogen-bond acceptors (Lipinski definition) is 6. The van der Waals surface area contributed by atoms with Gasteiger partial charge in [0.05, 0.1) is 26.2 Å². The summed E-state index contributed by atoms with van der Waals surface area (Å²) in [6.07, 6.45) is 1.76. The average Bonchev–Trinajstić information content (AvgIpc) is 2.96. The molecule has 0 aromatic heterocycles. The van der Waals surface area contributed by atoms with Crippen molar-refractivity contribution in [2.24, 2.45) is 0 Å². The largest absolute Gasteiger partial charge is 0.497 e. The number of ether oxygens (including phenoxy) is 2. The van der Waals surface area contributed by atoms with Crippen molar-refractivity contribution in [2.75, 3.05) is 31.3 Å². The molecule has 0 heterocycles. The van der Waals surface area contributed by atoms with Gasteiger partial charge in [-0.05, 0) is 74.7 Å². The fourth-order valence-electron chi connectivity index (χ4n) is 4.73. The Balaban J connectivity index is 1.91. The van der Waals surface area contributed by atoms with E-state index in [1.165, 1.54) is 4.31 Å². The monoisotopic (exact) mass is 609 g/mol. The number of hydrogen-bond donors (Lipinski definition) is 1. The van der Waals surface area contributed by atoms with Crippen LogP contribution in [0.15, 0.2) is 78.9 Å². The Kier molecular flexibility index (Phi) is 11.6. The number of carbonyl (C=O) groups is 2. The first-order chi connectivity index (χ1) is 20.3. The number of sulfonamides is 1. The van der Waals surface area contributed by atoms with Gasteiger partial charge in [-0.15, -0.1) is 0 Å². The zero-order chi connectivity index (χ0) is 31.6. The van der Waals surface area contributed by atoms with Crippen LogP contribution in [0.1, 0.15) is 44.7 Å². The Hall–Kier alpha value is -4.05. The van der Waals surface area contributed by atoms with Crippen LogP contribution >= 0.6 is 0 Å². The molecule has 0 aliphatic heterocycles. The van der Waals surface area contributed by atoms with Gasteiger partial charge < -0.3 is 19.7 Å². The molecule has 0 saturated heterocycles. The van der Waals surface area contributed by atoms with Crippen molar-refractivity contribution in [1.29, 1.82) is 0 Å². The number of benzene rings is 3. The molecular formula is C33H43N3O6S. The summed E-state index contributed by atoms with van der Waals surface area (Å²) in [5.74, 6) is 0.741. The number of amides is 2. The first kappa shape index (κ1) is 33.5. The normalized spacial score (nSPS) is 12.2. The Morgan fingerprint density at radius 2 is 1.49 bits per heavy atom. The fraction of sp³-hybridized carbons (Fsp3) is 0.394. The lowest BCUT2D eigenvalue weighted by Gasteiger charge is -2.34. The SMILES string of the molecule is COc1ccc(N(CCCC(=O)N(Cc2cccc(OC)c2)[C@H](Cc2ccccc2)C(=O)NC(C)(C)C)S(C)(=O)=O)cc1. The van der Waals surface area contributed by atoms with Crippen LogP contribution in [0.5, 0.6) is 11.5 Å². The molecule has 9 nitrogen and oxygen atoms in total. The highest BCUT2D eigenvalue weighted by molar-refractivity contribution is 7.92. The van der Waals surface area contributed by atoms with Gasteiger partial charge in [-0.25, -0.2) is 8.42 Å². The first-order valence-corrected chi connectivity index (χ1v) is 16.1. The maximum absolute atomic E-state index is 14.0. The van der Waals surface area contributed by atoms with E-state index in [2.05, 4.69) is 5.32 Å².